The molecule has 1 heterocycles. The second-order valence-electron chi connectivity index (χ2n) is 11.6. The number of hydrogen-bond donors (Lipinski definition) is 3. The zero-order chi connectivity index (χ0) is 32.6. The number of piperidine rings is 1. The van der Waals surface area contributed by atoms with E-state index in [4.69, 9.17) is 19.9 Å². The molecular weight excluding hydrogens is 584 g/mol. The average molecular weight is 631 g/mol. The van der Waals surface area contributed by atoms with Crippen molar-refractivity contribution in [2.45, 2.75) is 69.9 Å². The Hall–Kier alpha value is -4.41. The Morgan fingerprint density at radius 3 is 2.24 bits per heavy atom. The van der Waals surface area contributed by atoms with Crippen molar-refractivity contribution in [3.05, 3.63) is 102 Å². The summed E-state index contributed by atoms with van der Waals surface area (Å²) in [6, 6.07) is 25.1. The van der Waals surface area contributed by atoms with E-state index >= 15 is 0 Å². The number of nitrogens with two attached hydrogens (primary N) is 1. The third-order valence-corrected chi connectivity index (χ3v) is 8.01. The molecule has 1 saturated heterocycles. The molecule has 10 heteroatoms. The SMILES string of the molecule is COc1cccc(CNC[C@@H](OC(=O)[C@@H](CCC(=O)N2CCCCC2)NC(=O)OCc2ccccc2)[C@@H](N)Cc2ccccc2)c1. The highest BCUT2D eigenvalue weighted by Crippen LogP contribution is 2.15. The van der Waals surface area contributed by atoms with Crippen LogP contribution < -0.4 is 21.1 Å². The largest absolute Gasteiger partial charge is 0.497 e. The van der Waals surface area contributed by atoms with Gasteiger partial charge in [-0.25, -0.2) is 9.59 Å². The summed E-state index contributed by atoms with van der Waals surface area (Å²) in [5.41, 5.74) is 9.47. The zero-order valence-electron chi connectivity index (χ0n) is 26.6. The highest BCUT2D eigenvalue weighted by molar-refractivity contribution is 5.83. The molecule has 3 aromatic carbocycles. The Bertz CT molecular complexity index is 1370. The average Bonchev–Trinajstić information content (AvgIpc) is 3.09. The summed E-state index contributed by atoms with van der Waals surface area (Å²) >= 11 is 0. The van der Waals surface area contributed by atoms with Gasteiger partial charge in [0.25, 0.3) is 0 Å². The van der Waals surface area contributed by atoms with Crippen LogP contribution in [0, 0.1) is 0 Å². The van der Waals surface area contributed by atoms with Crippen molar-refractivity contribution in [3.8, 4) is 5.75 Å². The maximum atomic E-state index is 13.7. The van der Waals surface area contributed by atoms with Crippen LogP contribution in [-0.4, -0.2) is 67.8 Å². The van der Waals surface area contributed by atoms with Gasteiger partial charge in [-0.05, 0) is 60.9 Å². The smallest absolute Gasteiger partial charge is 0.408 e. The van der Waals surface area contributed by atoms with Gasteiger partial charge in [0.15, 0.2) is 0 Å². The second kappa shape index (κ2) is 18.5. The number of carbonyl (C=O) groups excluding carboxylic acids is 3. The first-order chi connectivity index (χ1) is 22.4. The lowest BCUT2D eigenvalue weighted by Gasteiger charge is -2.29. The number of methoxy groups -OCH3 is 1. The number of carbonyl (C=O) groups is 3. The van der Waals surface area contributed by atoms with Crippen LogP contribution >= 0.6 is 0 Å². The summed E-state index contributed by atoms with van der Waals surface area (Å²) in [5.74, 6) is 0.0317. The molecule has 4 rings (SSSR count). The maximum Gasteiger partial charge on any atom is 0.408 e. The molecule has 0 aliphatic carbocycles. The number of ether oxygens (including phenoxy) is 3. The van der Waals surface area contributed by atoms with E-state index in [1.54, 1.807) is 7.11 Å². The predicted octanol–water partition coefficient (Wildman–Crippen LogP) is 4.35. The van der Waals surface area contributed by atoms with E-state index in [1.165, 1.54) is 0 Å². The number of nitrogens with one attached hydrogen (secondary N) is 2. The molecule has 10 nitrogen and oxygen atoms in total. The van der Waals surface area contributed by atoms with Gasteiger partial charge in [-0.3, -0.25) is 4.79 Å². The molecule has 2 amide bonds. The highest BCUT2D eigenvalue weighted by Gasteiger charge is 2.30. The van der Waals surface area contributed by atoms with E-state index in [-0.39, 0.29) is 31.9 Å². The minimum Gasteiger partial charge on any atom is -0.497 e. The molecule has 0 saturated carbocycles. The molecule has 0 unspecified atom stereocenters. The first-order valence-corrected chi connectivity index (χ1v) is 16.0. The van der Waals surface area contributed by atoms with Gasteiger partial charge >= 0.3 is 12.1 Å². The summed E-state index contributed by atoms with van der Waals surface area (Å²) in [6.07, 6.45) is 2.18. The molecule has 4 N–H and O–H groups in total. The first kappa shape index (κ1) is 34.5. The summed E-state index contributed by atoms with van der Waals surface area (Å²) < 4.78 is 16.7. The number of amides is 2. The lowest BCUT2D eigenvalue weighted by Crippen LogP contribution is -2.50. The normalized spacial score (nSPS) is 14.9. The van der Waals surface area contributed by atoms with Crippen LogP contribution in [0.25, 0.3) is 0 Å². The van der Waals surface area contributed by atoms with E-state index in [0.29, 0.717) is 26.1 Å². The van der Waals surface area contributed by atoms with Gasteiger partial charge in [-0.1, -0.05) is 72.8 Å². The van der Waals surface area contributed by atoms with Crippen LogP contribution in [0.1, 0.15) is 48.8 Å². The number of esters is 1. The summed E-state index contributed by atoms with van der Waals surface area (Å²) in [7, 11) is 1.62. The van der Waals surface area contributed by atoms with Crippen molar-refractivity contribution in [2.24, 2.45) is 5.73 Å². The number of hydrogen-bond acceptors (Lipinski definition) is 8. The van der Waals surface area contributed by atoms with Crippen LogP contribution in [-0.2, 0) is 38.6 Å². The van der Waals surface area contributed by atoms with E-state index in [2.05, 4.69) is 10.6 Å². The minimum absolute atomic E-state index is 0.0416. The fourth-order valence-corrected chi connectivity index (χ4v) is 5.40. The maximum absolute atomic E-state index is 13.7. The molecule has 1 fully saturated rings. The van der Waals surface area contributed by atoms with E-state index in [0.717, 1.165) is 41.7 Å². The summed E-state index contributed by atoms with van der Waals surface area (Å²) in [4.78, 5) is 41.3. The van der Waals surface area contributed by atoms with Crippen molar-refractivity contribution in [1.29, 1.82) is 0 Å². The lowest BCUT2D eigenvalue weighted by atomic mass is 10.0. The summed E-state index contributed by atoms with van der Waals surface area (Å²) in [5, 5.41) is 6.00. The molecule has 3 atom stereocenters. The van der Waals surface area contributed by atoms with Crippen LogP contribution in [0.4, 0.5) is 4.79 Å². The molecule has 0 bridgehead atoms. The van der Waals surface area contributed by atoms with Crippen molar-refractivity contribution in [1.82, 2.24) is 15.5 Å². The topological polar surface area (TPSA) is 132 Å². The van der Waals surface area contributed by atoms with Crippen molar-refractivity contribution < 1.29 is 28.6 Å². The molecule has 1 aliphatic rings. The van der Waals surface area contributed by atoms with Crippen LogP contribution in [0.2, 0.25) is 0 Å². The number of benzene rings is 3. The van der Waals surface area contributed by atoms with Crippen molar-refractivity contribution >= 4 is 18.0 Å². The van der Waals surface area contributed by atoms with Gasteiger partial charge in [-0.2, -0.15) is 0 Å². The van der Waals surface area contributed by atoms with Crippen molar-refractivity contribution in [2.75, 3.05) is 26.7 Å². The van der Waals surface area contributed by atoms with Gasteiger partial charge in [0, 0.05) is 38.6 Å². The van der Waals surface area contributed by atoms with Gasteiger partial charge < -0.3 is 35.5 Å². The molecule has 0 radical (unpaired) electrons. The first-order valence-electron chi connectivity index (χ1n) is 16.0. The monoisotopic (exact) mass is 630 g/mol. The van der Waals surface area contributed by atoms with Crippen LogP contribution in [0.15, 0.2) is 84.9 Å². The third-order valence-electron chi connectivity index (χ3n) is 8.01. The number of likely N-dealkylation sites (tertiary alicyclic amines) is 1. The molecule has 1 aliphatic heterocycles. The van der Waals surface area contributed by atoms with Gasteiger partial charge in [0.1, 0.15) is 24.5 Å². The lowest BCUT2D eigenvalue weighted by molar-refractivity contribution is -0.152. The number of nitrogens with zero attached hydrogens (tertiary/aromatic N) is 1. The van der Waals surface area contributed by atoms with E-state index < -0.39 is 30.3 Å². The second-order valence-corrected chi connectivity index (χ2v) is 11.6. The van der Waals surface area contributed by atoms with E-state index in [9.17, 15) is 14.4 Å². The molecule has 0 spiro atoms. The van der Waals surface area contributed by atoms with Gasteiger partial charge in [-0.15, -0.1) is 0 Å². The molecule has 3 aromatic rings. The Labute approximate surface area is 271 Å². The predicted molar refractivity (Wildman–Crippen MR) is 176 cm³/mol. The molecular formula is C36H46N4O6. The van der Waals surface area contributed by atoms with Gasteiger partial charge in [0.05, 0.1) is 7.11 Å². The van der Waals surface area contributed by atoms with Crippen molar-refractivity contribution in [3.63, 3.8) is 0 Å². The molecule has 0 aromatic heterocycles. The summed E-state index contributed by atoms with van der Waals surface area (Å²) in [6.45, 7) is 2.22. The Balaban J connectivity index is 1.44. The third kappa shape index (κ3) is 11.5. The Kier molecular flexibility index (Phi) is 13.9. The van der Waals surface area contributed by atoms with Gasteiger partial charge in [0.2, 0.25) is 5.91 Å². The van der Waals surface area contributed by atoms with E-state index in [1.807, 2.05) is 89.8 Å². The highest BCUT2D eigenvalue weighted by atomic mass is 16.6. The fourth-order valence-electron chi connectivity index (χ4n) is 5.40. The number of rotatable bonds is 16. The van der Waals surface area contributed by atoms with Crippen LogP contribution in [0.3, 0.4) is 0 Å². The molecule has 246 valence electrons. The Morgan fingerprint density at radius 2 is 1.54 bits per heavy atom. The zero-order valence-corrected chi connectivity index (χ0v) is 26.6. The number of alkyl carbamates (subject to hydrolysis) is 1. The Morgan fingerprint density at radius 1 is 0.870 bits per heavy atom. The standard InChI is InChI=1S/C36H46N4O6/c1-44-30-17-11-16-29(22-30)24-38-25-33(31(37)23-27-12-5-2-6-13-27)46-35(42)32(18-19-34(41)40-20-9-4-10-21-40)39-36(43)45-26-28-14-7-3-8-15-28/h2-3,5-8,11-17,22,31-33,38H,4,9-10,18-21,23-26,37H2,1H3,(H,39,43)/t31-,32+,33+/m0/s1. The van der Waals surface area contributed by atoms with Crippen LogP contribution in [0.5, 0.6) is 5.75 Å². The fraction of sp³-hybridized carbons (Fsp3) is 0.417. The quantitative estimate of drug-likeness (QED) is 0.199. The molecule has 46 heavy (non-hydrogen) atoms. The minimum atomic E-state index is -1.10.